The van der Waals surface area contributed by atoms with Crippen LogP contribution in [0.15, 0.2) is 0 Å². The van der Waals surface area contributed by atoms with E-state index in [1.807, 2.05) is 0 Å². The van der Waals surface area contributed by atoms with Crippen LogP contribution in [0.25, 0.3) is 0 Å². The fourth-order valence-corrected chi connectivity index (χ4v) is 0.361. The van der Waals surface area contributed by atoms with Gasteiger partial charge < -0.3 is 5.73 Å². The molecule has 0 aliphatic rings. The number of hydrogen-bond acceptors (Lipinski definition) is 1. The molecule has 0 saturated heterocycles. The Bertz CT molecular complexity index is 25.3. The molecule has 0 amide bonds. The summed E-state index contributed by atoms with van der Waals surface area (Å²) >= 11 is 0. The quantitative estimate of drug-likeness (QED) is 0.496. The molecule has 0 fully saturated rings. The Kier molecular flexibility index (Phi) is 5.85. The van der Waals surface area contributed by atoms with Crippen molar-refractivity contribution in [2.75, 3.05) is 19.6 Å². The average molecular weight is 101 g/mol. The lowest BCUT2D eigenvalue weighted by Crippen LogP contribution is -2.16. The van der Waals surface area contributed by atoms with Crippen molar-refractivity contribution in [3.8, 4) is 0 Å². The molecule has 0 saturated carbocycles. The van der Waals surface area contributed by atoms with Gasteiger partial charge in [-0.1, -0.05) is 6.92 Å². The summed E-state index contributed by atoms with van der Waals surface area (Å²) in [6.07, 6.45) is 1.14. The molecule has 0 spiro atoms. The molecule has 0 bridgehead atoms. The average Bonchev–Trinajstić information content (AvgIpc) is 1.69. The van der Waals surface area contributed by atoms with Crippen LogP contribution < -0.4 is 11.1 Å². The van der Waals surface area contributed by atoms with Gasteiger partial charge in [-0.2, -0.15) is 0 Å². The summed E-state index contributed by atoms with van der Waals surface area (Å²) in [5, 5.41) is 4.08. The molecule has 2 heteroatoms. The van der Waals surface area contributed by atoms with Crippen molar-refractivity contribution in [1.82, 2.24) is 5.32 Å². The second-order valence-electron chi connectivity index (χ2n) is 1.46. The number of rotatable bonds is 4. The topological polar surface area (TPSA) is 40.1 Å². The Labute approximate surface area is 45.1 Å². The van der Waals surface area contributed by atoms with Crippen molar-refractivity contribution in [3.63, 3.8) is 0 Å². The van der Waals surface area contributed by atoms with Gasteiger partial charge in [0.15, 0.2) is 0 Å². The molecule has 0 atom stereocenters. The first kappa shape index (κ1) is 6.92. The maximum Gasteiger partial charge on any atom is 0.0256 e. The van der Waals surface area contributed by atoms with Crippen molar-refractivity contribution in [2.24, 2.45) is 5.73 Å². The summed E-state index contributed by atoms with van der Waals surface area (Å²) in [4.78, 5) is 0. The van der Waals surface area contributed by atoms with E-state index in [9.17, 15) is 0 Å². The van der Waals surface area contributed by atoms with Crippen LogP contribution in [-0.4, -0.2) is 19.6 Å². The third-order valence-electron chi connectivity index (χ3n) is 0.669. The SMILES string of the molecule is CCC[N]CCN. The summed E-state index contributed by atoms with van der Waals surface area (Å²) in [7, 11) is 0. The van der Waals surface area contributed by atoms with E-state index in [0.717, 1.165) is 19.5 Å². The predicted molar refractivity (Wildman–Crippen MR) is 31.2 cm³/mol. The lowest BCUT2D eigenvalue weighted by atomic mass is 10.5. The normalized spacial score (nSPS) is 9.43. The highest BCUT2D eigenvalue weighted by atomic mass is 14.9. The van der Waals surface area contributed by atoms with Gasteiger partial charge in [-0.25, -0.2) is 5.32 Å². The molecular weight excluding hydrogens is 88.1 g/mol. The fourth-order valence-electron chi connectivity index (χ4n) is 0.361. The van der Waals surface area contributed by atoms with Gasteiger partial charge in [0, 0.05) is 19.6 Å². The lowest BCUT2D eigenvalue weighted by molar-refractivity contribution is 0.665. The second-order valence-corrected chi connectivity index (χ2v) is 1.46. The fraction of sp³-hybridized carbons (Fsp3) is 1.00. The van der Waals surface area contributed by atoms with Crippen LogP contribution in [0.2, 0.25) is 0 Å². The van der Waals surface area contributed by atoms with Gasteiger partial charge in [0.25, 0.3) is 0 Å². The van der Waals surface area contributed by atoms with E-state index >= 15 is 0 Å². The molecule has 1 radical (unpaired) electrons. The minimum absolute atomic E-state index is 0.694. The van der Waals surface area contributed by atoms with E-state index in [4.69, 9.17) is 5.73 Å². The predicted octanol–water partition coefficient (Wildman–Crippen LogP) is -0.0405. The maximum absolute atomic E-state index is 5.18. The molecule has 0 aliphatic heterocycles. The largest absolute Gasteiger partial charge is 0.329 e. The Morgan fingerprint density at radius 2 is 2.14 bits per heavy atom. The van der Waals surface area contributed by atoms with Gasteiger partial charge in [-0.05, 0) is 6.42 Å². The highest BCUT2D eigenvalue weighted by molar-refractivity contribution is 4.42. The minimum atomic E-state index is 0.694. The number of hydrogen-bond donors (Lipinski definition) is 1. The molecule has 2 N–H and O–H groups in total. The number of nitrogens with zero attached hydrogens (tertiary/aromatic N) is 1. The Morgan fingerprint density at radius 1 is 1.43 bits per heavy atom. The molecule has 0 rings (SSSR count). The van der Waals surface area contributed by atoms with E-state index < -0.39 is 0 Å². The molecule has 0 aromatic rings. The van der Waals surface area contributed by atoms with E-state index in [1.165, 1.54) is 0 Å². The minimum Gasteiger partial charge on any atom is -0.329 e. The van der Waals surface area contributed by atoms with Crippen LogP contribution in [-0.2, 0) is 0 Å². The Balaban J connectivity index is 2.45. The summed E-state index contributed by atoms with van der Waals surface area (Å²) < 4.78 is 0. The summed E-state index contributed by atoms with van der Waals surface area (Å²) in [6.45, 7) is 4.60. The third-order valence-corrected chi connectivity index (χ3v) is 0.669. The van der Waals surface area contributed by atoms with Crippen molar-refractivity contribution >= 4 is 0 Å². The third kappa shape index (κ3) is 5.92. The number of nitrogens with two attached hydrogens (primary N) is 1. The first-order chi connectivity index (χ1) is 3.41. The standard InChI is InChI=1S/C5H13N2/c1-2-4-7-5-3-6/h2-6H2,1H3. The lowest BCUT2D eigenvalue weighted by Gasteiger charge is -1.92. The van der Waals surface area contributed by atoms with Crippen LogP contribution in [0.1, 0.15) is 13.3 Å². The van der Waals surface area contributed by atoms with E-state index in [-0.39, 0.29) is 0 Å². The zero-order valence-corrected chi connectivity index (χ0v) is 4.85. The first-order valence-electron chi connectivity index (χ1n) is 2.75. The molecule has 0 heterocycles. The molecule has 43 valence electrons. The van der Waals surface area contributed by atoms with Crippen molar-refractivity contribution in [1.29, 1.82) is 0 Å². The van der Waals surface area contributed by atoms with E-state index in [1.54, 1.807) is 0 Å². The molecule has 2 nitrogen and oxygen atoms in total. The van der Waals surface area contributed by atoms with Crippen LogP contribution in [0.5, 0.6) is 0 Å². The molecule has 0 unspecified atom stereocenters. The molecule has 7 heavy (non-hydrogen) atoms. The molecule has 0 aliphatic carbocycles. The smallest absolute Gasteiger partial charge is 0.0256 e. The Morgan fingerprint density at radius 3 is 2.57 bits per heavy atom. The first-order valence-corrected chi connectivity index (χ1v) is 2.75. The van der Waals surface area contributed by atoms with Gasteiger partial charge in [0.2, 0.25) is 0 Å². The van der Waals surface area contributed by atoms with Gasteiger partial charge in [0.05, 0.1) is 0 Å². The van der Waals surface area contributed by atoms with Crippen LogP contribution in [0.3, 0.4) is 0 Å². The van der Waals surface area contributed by atoms with Crippen LogP contribution >= 0.6 is 0 Å². The monoisotopic (exact) mass is 101 g/mol. The van der Waals surface area contributed by atoms with Gasteiger partial charge in [-0.3, -0.25) is 0 Å². The Hall–Kier alpha value is -0.0800. The zero-order chi connectivity index (χ0) is 5.54. The van der Waals surface area contributed by atoms with Gasteiger partial charge in [-0.15, -0.1) is 0 Å². The van der Waals surface area contributed by atoms with Crippen molar-refractivity contribution in [3.05, 3.63) is 0 Å². The van der Waals surface area contributed by atoms with Crippen LogP contribution in [0.4, 0.5) is 0 Å². The molecule has 0 aromatic heterocycles. The van der Waals surface area contributed by atoms with Crippen LogP contribution in [0, 0.1) is 0 Å². The second kappa shape index (κ2) is 5.92. The van der Waals surface area contributed by atoms with Crippen molar-refractivity contribution < 1.29 is 0 Å². The molecule has 0 aromatic carbocycles. The summed E-state index contributed by atoms with van der Waals surface area (Å²) in [6, 6.07) is 0. The zero-order valence-electron chi connectivity index (χ0n) is 4.85. The molecular formula is C5H13N2. The van der Waals surface area contributed by atoms with E-state index in [2.05, 4.69) is 12.2 Å². The summed E-state index contributed by atoms with van der Waals surface area (Å²) in [5.41, 5.74) is 5.18. The summed E-state index contributed by atoms with van der Waals surface area (Å²) in [5.74, 6) is 0. The maximum atomic E-state index is 5.18. The highest BCUT2D eigenvalue weighted by Crippen LogP contribution is 1.68. The van der Waals surface area contributed by atoms with Gasteiger partial charge >= 0.3 is 0 Å². The van der Waals surface area contributed by atoms with E-state index in [0.29, 0.717) is 6.54 Å². The van der Waals surface area contributed by atoms with Gasteiger partial charge in [0.1, 0.15) is 0 Å². The highest BCUT2D eigenvalue weighted by Gasteiger charge is 1.79. The van der Waals surface area contributed by atoms with Crippen molar-refractivity contribution in [2.45, 2.75) is 13.3 Å².